The quantitative estimate of drug-likeness (QED) is 0.192. The van der Waals surface area contributed by atoms with E-state index in [9.17, 15) is 29.3 Å². The first-order chi connectivity index (χ1) is 18.2. The zero-order valence-corrected chi connectivity index (χ0v) is 21.9. The molecule has 1 N–H and O–H groups in total. The van der Waals surface area contributed by atoms with Gasteiger partial charge in [-0.05, 0) is 37.3 Å². The number of hydrogen-bond donors (Lipinski definition) is 1. The number of non-ortho nitro benzene ring substituents is 1. The number of amides is 2. The zero-order chi connectivity index (χ0) is 27.1. The summed E-state index contributed by atoms with van der Waals surface area (Å²) in [6, 6.07) is 9.82. The third kappa shape index (κ3) is 4.57. The highest BCUT2D eigenvalue weighted by atomic mass is 35.5. The van der Waals surface area contributed by atoms with E-state index in [0.717, 1.165) is 28.0 Å². The Labute approximate surface area is 227 Å². The second kappa shape index (κ2) is 10.2. The first-order valence-corrected chi connectivity index (χ1v) is 13.4. The van der Waals surface area contributed by atoms with Gasteiger partial charge in [0.05, 0.1) is 28.2 Å². The molecule has 1 fully saturated rings. The Balaban J connectivity index is 1.59. The maximum absolute atomic E-state index is 13.8. The highest BCUT2D eigenvalue weighted by molar-refractivity contribution is 8.00. The van der Waals surface area contributed by atoms with E-state index in [2.05, 4.69) is 4.98 Å². The lowest BCUT2D eigenvalue weighted by molar-refractivity contribution is -0.384. The maximum atomic E-state index is 13.8. The first kappa shape index (κ1) is 25.9. The standard InChI is InChI=1S/C24H18ClN3O8S2/c1-2-35-16(29)10-36-15-8-3-11(25)9-14(15)17-18-20(37-21-19(17)38-24(32)26-21)23(31)27(22(18)30)12-4-6-13(7-5-12)28(33)34/h3-9,17-18,20H,2,10H2,1H3,(H,26,32)/t17-,18-,20+/m0/s1. The number of hydrogen-bond acceptors (Lipinski definition) is 10. The number of ether oxygens (including phenoxy) is 2. The SMILES string of the molecule is CCOC(=O)COc1ccc(Cl)cc1[C@@H]1c2sc(=O)[nH]c2S[C@H]2C(=O)N(c3ccc([N+](=O)[O-])cc3)C(=O)[C@@H]12. The molecule has 0 aliphatic carbocycles. The lowest BCUT2D eigenvalue weighted by atomic mass is 9.82. The number of nitrogens with zero attached hydrogens (tertiary/aromatic N) is 2. The molecule has 1 aromatic heterocycles. The smallest absolute Gasteiger partial charge is 0.344 e. The number of esters is 1. The number of anilines is 1. The normalized spacial score (nSPS) is 20.2. The topological polar surface area (TPSA) is 149 Å². The predicted molar refractivity (Wildman–Crippen MR) is 139 cm³/mol. The van der Waals surface area contributed by atoms with E-state index in [-0.39, 0.29) is 28.6 Å². The number of aromatic amines is 1. The van der Waals surface area contributed by atoms with Gasteiger partial charge in [0.15, 0.2) is 6.61 Å². The van der Waals surface area contributed by atoms with Gasteiger partial charge in [0.2, 0.25) is 11.8 Å². The van der Waals surface area contributed by atoms with Crippen molar-refractivity contribution in [2.45, 2.75) is 23.1 Å². The maximum Gasteiger partial charge on any atom is 0.344 e. The minimum absolute atomic E-state index is 0.176. The fourth-order valence-corrected chi connectivity index (χ4v) is 7.25. The minimum Gasteiger partial charge on any atom is -0.482 e. The number of carbonyl (C=O) groups is 3. The third-order valence-corrected chi connectivity index (χ3v) is 8.74. The first-order valence-electron chi connectivity index (χ1n) is 11.3. The van der Waals surface area contributed by atoms with Crippen LogP contribution in [-0.2, 0) is 19.1 Å². The molecule has 5 rings (SSSR count). The van der Waals surface area contributed by atoms with Gasteiger partial charge in [-0.2, -0.15) is 0 Å². The second-order valence-electron chi connectivity index (χ2n) is 8.31. The Bertz CT molecular complexity index is 1520. The van der Waals surface area contributed by atoms with Gasteiger partial charge in [-0.3, -0.25) is 24.5 Å². The molecule has 2 aromatic carbocycles. The van der Waals surface area contributed by atoms with Gasteiger partial charge >= 0.3 is 10.8 Å². The van der Waals surface area contributed by atoms with Crippen molar-refractivity contribution >= 4 is 63.9 Å². The molecule has 3 heterocycles. The van der Waals surface area contributed by atoms with Crippen molar-refractivity contribution in [3.05, 3.63) is 77.7 Å². The fourth-order valence-electron chi connectivity index (χ4n) is 4.56. The van der Waals surface area contributed by atoms with E-state index < -0.39 is 46.4 Å². The average Bonchev–Trinajstić information content (AvgIpc) is 3.37. The molecule has 0 saturated carbocycles. The summed E-state index contributed by atoms with van der Waals surface area (Å²) in [4.78, 5) is 66.1. The molecule has 0 spiro atoms. The lowest BCUT2D eigenvalue weighted by Gasteiger charge is -2.31. The zero-order valence-electron chi connectivity index (χ0n) is 19.5. The molecular formula is C24H18ClN3O8S2. The van der Waals surface area contributed by atoms with Crippen LogP contribution >= 0.6 is 34.7 Å². The van der Waals surface area contributed by atoms with Crippen molar-refractivity contribution in [2.24, 2.45) is 5.92 Å². The van der Waals surface area contributed by atoms with Crippen LogP contribution in [0.3, 0.4) is 0 Å². The van der Waals surface area contributed by atoms with Gasteiger partial charge in [0.25, 0.3) is 5.69 Å². The number of halogens is 1. The van der Waals surface area contributed by atoms with Crippen LogP contribution in [0.4, 0.5) is 11.4 Å². The number of nitrogens with one attached hydrogen (secondary N) is 1. The number of thiazole rings is 1. The summed E-state index contributed by atoms with van der Waals surface area (Å²) in [7, 11) is 0. The van der Waals surface area contributed by atoms with Crippen LogP contribution < -0.4 is 14.5 Å². The summed E-state index contributed by atoms with van der Waals surface area (Å²) in [5.74, 6) is -3.12. The average molecular weight is 576 g/mol. The molecular weight excluding hydrogens is 558 g/mol. The molecule has 0 bridgehead atoms. The second-order valence-corrected chi connectivity index (χ2v) is 10.9. The Kier molecular flexibility index (Phi) is 6.99. The molecule has 1 saturated heterocycles. The van der Waals surface area contributed by atoms with E-state index >= 15 is 0 Å². The van der Waals surface area contributed by atoms with Crippen LogP contribution in [0.5, 0.6) is 5.75 Å². The van der Waals surface area contributed by atoms with E-state index in [1.807, 2.05) is 0 Å². The molecule has 38 heavy (non-hydrogen) atoms. The largest absolute Gasteiger partial charge is 0.482 e. The van der Waals surface area contributed by atoms with Gasteiger partial charge in [-0.1, -0.05) is 34.7 Å². The summed E-state index contributed by atoms with van der Waals surface area (Å²) >= 11 is 8.32. The number of rotatable bonds is 7. The Morgan fingerprint density at radius 1 is 1.16 bits per heavy atom. The highest BCUT2D eigenvalue weighted by Crippen LogP contribution is 2.54. The molecule has 3 atom stereocenters. The molecule has 3 aromatic rings. The van der Waals surface area contributed by atoms with Crippen LogP contribution in [-0.4, -0.2) is 46.2 Å². The summed E-state index contributed by atoms with van der Waals surface area (Å²) < 4.78 is 10.7. The number of fused-ring (bicyclic) bond motifs is 2. The Morgan fingerprint density at radius 3 is 2.58 bits per heavy atom. The monoisotopic (exact) mass is 575 g/mol. The number of carbonyl (C=O) groups excluding carboxylic acids is 3. The van der Waals surface area contributed by atoms with Crippen molar-refractivity contribution in [3.63, 3.8) is 0 Å². The summed E-state index contributed by atoms with van der Waals surface area (Å²) in [5.41, 5.74) is 0.445. The molecule has 11 nitrogen and oxygen atoms in total. The van der Waals surface area contributed by atoms with Crippen LogP contribution in [0, 0.1) is 16.0 Å². The van der Waals surface area contributed by atoms with Crippen LogP contribution in [0.2, 0.25) is 5.02 Å². The number of benzene rings is 2. The number of imide groups is 1. The van der Waals surface area contributed by atoms with Crippen molar-refractivity contribution in [1.82, 2.24) is 4.98 Å². The van der Waals surface area contributed by atoms with Crippen molar-refractivity contribution in [2.75, 3.05) is 18.1 Å². The molecule has 0 unspecified atom stereocenters. The van der Waals surface area contributed by atoms with E-state index in [1.54, 1.807) is 25.1 Å². The van der Waals surface area contributed by atoms with Crippen molar-refractivity contribution in [3.8, 4) is 5.75 Å². The predicted octanol–water partition coefficient (Wildman–Crippen LogP) is 3.74. The van der Waals surface area contributed by atoms with Crippen LogP contribution in [0.15, 0.2) is 52.3 Å². The minimum atomic E-state index is -0.940. The number of H-pyrrole nitrogens is 1. The third-order valence-electron chi connectivity index (χ3n) is 6.10. The summed E-state index contributed by atoms with van der Waals surface area (Å²) in [6.07, 6.45) is 0. The Morgan fingerprint density at radius 2 is 1.89 bits per heavy atom. The molecule has 2 amide bonds. The molecule has 14 heteroatoms. The van der Waals surface area contributed by atoms with Gasteiger partial charge in [-0.25, -0.2) is 9.69 Å². The Hall–Kier alpha value is -3.68. The number of nitro groups is 1. The van der Waals surface area contributed by atoms with Gasteiger partial charge in [0, 0.05) is 33.5 Å². The molecule has 0 radical (unpaired) electrons. The molecule has 2 aliphatic heterocycles. The van der Waals surface area contributed by atoms with E-state index in [0.29, 0.717) is 20.5 Å². The van der Waals surface area contributed by atoms with Gasteiger partial charge in [0.1, 0.15) is 11.0 Å². The summed E-state index contributed by atoms with van der Waals surface area (Å²) in [5, 5.41) is 10.9. The van der Waals surface area contributed by atoms with Crippen molar-refractivity contribution in [1.29, 1.82) is 0 Å². The molecule has 2 aliphatic rings. The van der Waals surface area contributed by atoms with Crippen LogP contribution in [0.25, 0.3) is 0 Å². The van der Waals surface area contributed by atoms with Gasteiger partial charge < -0.3 is 14.5 Å². The van der Waals surface area contributed by atoms with E-state index in [1.165, 1.54) is 24.3 Å². The summed E-state index contributed by atoms with van der Waals surface area (Å²) in [6.45, 7) is 1.45. The number of thioether (sulfide) groups is 1. The van der Waals surface area contributed by atoms with Gasteiger partial charge in [-0.15, -0.1) is 0 Å². The lowest BCUT2D eigenvalue weighted by Crippen LogP contribution is -2.32. The van der Waals surface area contributed by atoms with E-state index in [4.69, 9.17) is 21.1 Å². The highest BCUT2D eigenvalue weighted by Gasteiger charge is 2.57. The van der Waals surface area contributed by atoms with Crippen molar-refractivity contribution < 1.29 is 28.8 Å². The molecule has 196 valence electrons. The fraction of sp³-hybridized carbons (Fsp3) is 0.250. The van der Waals surface area contributed by atoms with Crippen LogP contribution in [0.1, 0.15) is 23.3 Å². The number of aromatic nitrogens is 1. The number of nitro benzene ring substituents is 1.